The van der Waals surface area contributed by atoms with Crippen LogP contribution in [-0.4, -0.2) is 30.6 Å². The number of aliphatic hydroxyl groups is 1. The molecular weight excluding hydrogens is 307 g/mol. The Kier molecular flexibility index (Phi) is 5.96. The van der Waals surface area contributed by atoms with E-state index in [1.807, 2.05) is 60.7 Å². The molecule has 1 aliphatic carbocycles. The molecule has 1 saturated carbocycles. The molecule has 3 nitrogen and oxygen atoms in total. The molecule has 3 unspecified atom stereocenters. The summed E-state index contributed by atoms with van der Waals surface area (Å²) >= 11 is 0. The molecule has 0 bridgehead atoms. The van der Waals surface area contributed by atoms with Crippen molar-refractivity contribution in [3.8, 4) is 0 Å². The molecule has 0 saturated heterocycles. The standard InChI is InChI=1S/C20H23FO3/c21-19-17(13-23-11-15-7-3-1-4-8-15)18(20(19)22)14-24-12-16-9-5-2-6-10-16/h1-10,17-20,22H,11-14H2/t17?,18?,19?,20-/m1/s1. The van der Waals surface area contributed by atoms with Crippen LogP contribution in [0, 0.1) is 11.8 Å². The van der Waals surface area contributed by atoms with E-state index >= 15 is 0 Å². The molecule has 1 aliphatic rings. The van der Waals surface area contributed by atoms with Crippen LogP contribution in [0.5, 0.6) is 0 Å². The Morgan fingerprint density at radius 3 is 1.71 bits per heavy atom. The summed E-state index contributed by atoms with van der Waals surface area (Å²) in [4.78, 5) is 0. The van der Waals surface area contributed by atoms with E-state index in [0.717, 1.165) is 11.1 Å². The number of hydrogen-bond acceptors (Lipinski definition) is 3. The predicted octanol–water partition coefficient (Wildman–Crippen LogP) is 3.37. The summed E-state index contributed by atoms with van der Waals surface area (Å²) in [5.41, 5.74) is 2.13. The fourth-order valence-electron chi connectivity index (χ4n) is 3.05. The van der Waals surface area contributed by atoms with Gasteiger partial charge >= 0.3 is 0 Å². The van der Waals surface area contributed by atoms with Crippen LogP contribution < -0.4 is 0 Å². The summed E-state index contributed by atoms with van der Waals surface area (Å²) in [6, 6.07) is 19.6. The quantitative estimate of drug-likeness (QED) is 0.806. The Labute approximate surface area is 142 Å². The topological polar surface area (TPSA) is 38.7 Å². The van der Waals surface area contributed by atoms with E-state index in [9.17, 15) is 9.50 Å². The lowest BCUT2D eigenvalue weighted by Gasteiger charge is -2.44. The highest BCUT2D eigenvalue weighted by Gasteiger charge is 2.50. The van der Waals surface area contributed by atoms with Crippen molar-refractivity contribution < 1.29 is 19.0 Å². The van der Waals surface area contributed by atoms with Crippen molar-refractivity contribution in [3.05, 3.63) is 71.8 Å². The lowest BCUT2D eigenvalue weighted by atomic mass is 9.70. The van der Waals surface area contributed by atoms with E-state index in [0.29, 0.717) is 26.4 Å². The third kappa shape index (κ3) is 4.20. The van der Waals surface area contributed by atoms with E-state index in [2.05, 4.69) is 0 Å². The first-order valence-corrected chi connectivity index (χ1v) is 8.31. The molecule has 0 radical (unpaired) electrons. The van der Waals surface area contributed by atoms with Gasteiger partial charge in [-0.2, -0.15) is 0 Å². The molecule has 2 aromatic rings. The number of ether oxygens (including phenoxy) is 2. The van der Waals surface area contributed by atoms with Crippen LogP contribution in [-0.2, 0) is 22.7 Å². The number of alkyl halides is 1. The molecule has 0 aliphatic heterocycles. The zero-order valence-corrected chi connectivity index (χ0v) is 13.6. The van der Waals surface area contributed by atoms with Gasteiger partial charge in [0.25, 0.3) is 0 Å². The zero-order chi connectivity index (χ0) is 16.8. The first-order valence-electron chi connectivity index (χ1n) is 8.31. The molecule has 4 atom stereocenters. The minimum absolute atomic E-state index is 0.209. The number of rotatable bonds is 8. The molecule has 3 rings (SSSR count). The molecule has 0 spiro atoms. The van der Waals surface area contributed by atoms with Crippen molar-refractivity contribution in [3.63, 3.8) is 0 Å². The Morgan fingerprint density at radius 2 is 1.21 bits per heavy atom. The van der Waals surface area contributed by atoms with Crippen LogP contribution in [0.3, 0.4) is 0 Å². The van der Waals surface area contributed by atoms with Gasteiger partial charge in [-0.1, -0.05) is 60.7 Å². The Hall–Kier alpha value is -1.75. The van der Waals surface area contributed by atoms with Crippen LogP contribution in [0.2, 0.25) is 0 Å². The molecule has 1 fully saturated rings. The van der Waals surface area contributed by atoms with E-state index in [1.165, 1.54) is 0 Å². The summed E-state index contributed by atoms with van der Waals surface area (Å²) in [7, 11) is 0. The normalized spacial score (nSPS) is 26.1. The van der Waals surface area contributed by atoms with Gasteiger partial charge in [-0.25, -0.2) is 4.39 Å². The van der Waals surface area contributed by atoms with Crippen molar-refractivity contribution >= 4 is 0 Å². The van der Waals surface area contributed by atoms with Gasteiger partial charge in [0.15, 0.2) is 0 Å². The second-order valence-corrected chi connectivity index (χ2v) is 6.26. The number of hydrogen-bond donors (Lipinski definition) is 1. The molecule has 2 aromatic carbocycles. The van der Waals surface area contributed by atoms with Crippen LogP contribution in [0.1, 0.15) is 11.1 Å². The number of aliphatic hydroxyl groups excluding tert-OH is 1. The first-order chi connectivity index (χ1) is 11.8. The average Bonchev–Trinajstić information content (AvgIpc) is 2.64. The van der Waals surface area contributed by atoms with Crippen LogP contribution in [0.25, 0.3) is 0 Å². The second kappa shape index (κ2) is 8.38. The van der Waals surface area contributed by atoms with Crippen molar-refractivity contribution in [1.82, 2.24) is 0 Å². The summed E-state index contributed by atoms with van der Waals surface area (Å²) < 4.78 is 25.2. The maximum absolute atomic E-state index is 13.9. The Morgan fingerprint density at radius 1 is 0.750 bits per heavy atom. The summed E-state index contributed by atoms with van der Waals surface area (Å²) in [6.07, 6.45) is -2.18. The molecule has 1 N–H and O–H groups in total. The maximum atomic E-state index is 13.9. The van der Waals surface area contributed by atoms with Gasteiger partial charge in [0, 0.05) is 11.8 Å². The van der Waals surface area contributed by atoms with E-state index in [-0.39, 0.29) is 11.8 Å². The second-order valence-electron chi connectivity index (χ2n) is 6.26. The molecule has 0 aromatic heterocycles. The van der Waals surface area contributed by atoms with Gasteiger partial charge in [0.1, 0.15) is 6.17 Å². The molecular formula is C20H23FO3. The minimum Gasteiger partial charge on any atom is -0.390 e. The molecule has 0 amide bonds. The summed E-state index contributed by atoms with van der Waals surface area (Å²) in [5.74, 6) is -0.515. The fourth-order valence-corrected chi connectivity index (χ4v) is 3.05. The van der Waals surface area contributed by atoms with Gasteiger partial charge in [-0.15, -0.1) is 0 Å². The lowest BCUT2D eigenvalue weighted by molar-refractivity contribution is -0.163. The van der Waals surface area contributed by atoms with Crippen molar-refractivity contribution in [1.29, 1.82) is 0 Å². The minimum atomic E-state index is -1.23. The molecule has 24 heavy (non-hydrogen) atoms. The van der Waals surface area contributed by atoms with Gasteiger partial charge in [-0.05, 0) is 11.1 Å². The monoisotopic (exact) mass is 330 g/mol. The van der Waals surface area contributed by atoms with Gasteiger partial charge < -0.3 is 14.6 Å². The highest BCUT2D eigenvalue weighted by molar-refractivity contribution is 5.14. The Balaban J connectivity index is 1.42. The third-order valence-electron chi connectivity index (χ3n) is 4.57. The maximum Gasteiger partial charge on any atom is 0.132 e. The van der Waals surface area contributed by atoms with Gasteiger partial charge in [0.2, 0.25) is 0 Å². The first kappa shape index (κ1) is 17.1. The SMILES string of the molecule is O[C@H]1C(F)C(COCc2ccccc2)C1COCc1ccccc1. The Bertz CT molecular complexity index is 549. The van der Waals surface area contributed by atoms with Crippen molar-refractivity contribution in [2.75, 3.05) is 13.2 Å². The number of benzene rings is 2. The lowest BCUT2D eigenvalue weighted by Crippen LogP contribution is -2.56. The zero-order valence-electron chi connectivity index (χ0n) is 13.6. The smallest absolute Gasteiger partial charge is 0.132 e. The van der Waals surface area contributed by atoms with Crippen molar-refractivity contribution in [2.45, 2.75) is 25.5 Å². The molecule has 128 valence electrons. The van der Waals surface area contributed by atoms with Crippen molar-refractivity contribution in [2.24, 2.45) is 11.8 Å². The van der Waals surface area contributed by atoms with Gasteiger partial charge in [0.05, 0.1) is 32.5 Å². The highest BCUT2D eigenvalue weighted by atomic mass is 19.1. The van der Waals surface area contributed by atoms with Crippen LogP contribution in [0.15, 0.2) is 60.7 Å². The van der Waals surface area contributed by atoms with E-state index < -0.39 is 12.3 Å². The molecule has 4 heteroatoms. The van der Waals surface area contributed by atoms with Gasteiger partial charge in [-0.3, -0.25) is 0 Å². The van der Waals surface area contributed by atoms with Crippen LogP contribution >= 0.6 is 0 Å². The summed E-state index contributed by atoms with van der Waals surface area (Å²) in [6.45, 7) is 1.57. The van der Waals surface area contributed by atoms with E-state index in [4.69, 9.17) is 9.47 Å². The summed E-state index contributed by atoms with van der Waals surface area (Å²) in [5, 5.41) is 9.85. The number of halogens is 1. The third-order valence-corrected chi connectivity index (χ3v) is 4.57. The average molecular weight is 330 g/mol. The fraction of sp³-hybridized carbons (Fsp3) is 0.400. The van der Waals surface area contributed by atoms with E-state index in [1.54, 1.807) is 0 Å². The van der Waals surface area contributed by atoms with Crippen LogP contribution in [0.4, 0.5) is 4.39 Å². The predicted molar refractivity (Wildman–Crippen MR) is 90.1 cm³/mol. The largest absolute Gasteiger partial charge is 0.390 e. The molecule has 0 heterocycles. The highest BCUT2D eigenvalue weighted by Crippen LogP contribution is 2.38.